The van der Waals surface area contributed by atoms with Crippen LogP contribution in [0.4, 0.5) is 5.69 Å². The number of nitrogens with two attached hydrogens (primary N) is 1. The van der Waals surface area contributed by atoms with E-state index in [4.69, 9.17) is 5.73 Å². The van der Waals surface area contributed by atoms with E-state index in [1.807, 2.05) is 32.4 Å². The van der Waals surface area contributed by atoms with Crippen LogP contribution in [0.1, 0.15) is 42.5 Å². The smallest absolute Gasteiger partial charge is 0.194 e. The average Bonchev–Trinajstić information content (AvgIpc) is 2.64. The average molecular weight is 291 g/mol. The zero-order valence-corrected chi connectivity index (χ0v) is 13.7. The lowest BCUT2D eigenvalue weighted by atomic mass is 10.2. The highest BCUT2D eigenvalue weighted by atomic mass is 32.2. The molecule has 0 fully saturated rings. The number of rotatable bonds is 3. The van der Waals surface area contributed by atoms with Crippen molar-refractivity contribution in [2.75, 3.05) is 5.73 Å². The number of aryl methyl sites for hydroxylation is 3. The van der Waals surface area contributed by atoms with Crippen LogP contribution >= 0.6 is 11.8 Å². The van der Waals surface area contributed by atoms with Gasteiger partial charge < -0.3 is 5.73 Å². The molecule has 0 saturated heterocycles. The van der Waals surface area contributed by atoms with E-state index >= 15 is 0 Å². The van der Waals surface area contributed by atoms with Gasteiger partial charge in [-0.3, -0.25) is 4.68 Å². The molecule has 0 saturated carbocycles. The van der Waals surface area contributed by atoms with Crippen LogP contribution in [0.5, 0.6) is 0 Å². The minimum absolute atomic E-state index is 0.251. The Morgan fingerprint density at radius 3 is 2.05 bits per heavy atom. The Morgan fingerprint density at radius 1 is 1.00 bits per heavy atom. The Labute approximate surface area is 124 Å². The maximum absolute atomic E-state index is 6.14. The van der Waals surface area contributed by atoms with Gasteiger partial charge in [0, 0.05) is 17.4 Å². The topological polar surface area (TPSA) is 69.6 Å². The van der Waals surface area contributed by atoms with Gasteiger partial charge in [-0.15, -0.1) is 0 Å². The van der Waals surface area contributed by atoms with Gasteiger partial charge in [-0.25, -0.2) is 9.97 Å². The molecule has 2 heterocycles. The molecule has 2 aromatic heterocycles. The number of hydrogen-bond acceptors (Lipinski definition) is 5. The summed E-state index contributed by atoms with van der Waals surface area (Å²) in [5.41, 5.74) is 10.8. The summed E-state index contributed by atoms with van der Waals surface area (Å²) >= 11 is 1.48. The first-order chi connectivity index (χ1) is 9.31. The number of aromatic nitrogens is 4. The van der Waals surface area contributed by atoms with Crippen LogP contribution < -0.4 is 5.73 Å². The summed E-state index contributed by atoms with van der Waals surface area (Å²) in [5.74, 6) is 0. The second-order valence-corrected chi connectivity index (χ2v) is 6.20. The van der Waals surface area contributed by atoms with Gasteiger partial charge in [0.25, 0.3) is 0 Å². The van der Waals surface area contributed by atoms with E-state index in [1.165, 1.54) is 11.8 Å². The molecular formula is C14H21N5S. The standard InChI is InChI=1S/C14H21N5S/c1-7(2)19-13(12(15)11(6)18-19)20-14-16-9(4)8(3)10(5)17-14/h7H,15H2,1-6H3. The summed E-state index contributed by atoms with van der Waals surface area (Å²) in [7, 11) is 0. The lowest BCUT2D eigenvalue weighted by Gasteiger charge is -2.11. The highest BCUT2D eigenvalue weighted by Gasteiger charge is 2.18. The van der Waals surface area contributed by atoms with Gasteiger partial charge in [0.05, 0.1) is 11.4 Å². The zero-order chi connectivity index (χ0) is 15.0. The van der Waals surface area contributed by atoms with E-state index in [0.29, 0.717) is 5.69 Å². The number of hydrogen-bond donors (Lipinski definition) is 1. The third-order valence-electron chi connectivity index (χ3n) is 3.38. The summed E-state index contributed by atoms with van der Waals surface area (Å²) in [6.45, 7) is 12.1. The molecule has 0 aliphatic rings. The monoisotopic (exact) mass is 291 g/mol. The molecule has 6 heteroatoms. The van der Waals surface area contributed by atoms with Crippen LogP contribution in [0.15, 0.2) is 10.2 Å². The van der Waals surface area contributed by atoms with Crippen LogP contribution in [-0.4, -0.2) is 19.7 Å². The van der Waals surface area contributed by atoms with E-state index in [9.17, 15) is 0 Å². The van der Waals surface area contributed by atoms with Crippen molar-refractivity contribution in [1.82, 2.24) is 19.7 Å². The molecule has 0 aromatic carbocycles. The van der Waals surface area contributed by atoms with Crippen molar-refractivity contribution in [3.05, 3.63) is 22.6 Å². The van der Waals surface area contributed by atoms with Crippen molar-refractivity contribution in [3.63, 3.8) is 0 Å². The summed E-state index contributed by atoms with van der Waals surface area (Å²) in [6, 6.07) is 0.251. The molecule has 0 radical (unpaired) electrons. The Morgan fingerprint density at radius 2 is 1.55 bits per heavy atom. The quantitative estimate of drug-likeness (QED) is 0.879. The maximum atomic E-state index is 6.14. The first kappa shape index (κ1) is 14.8. The van der Waals surface area contributed by atoms with Crippen LogP contribution in [0.2, 0.25) is 0 Å². The van der Waals surface area contributed by atoms with Crippen molar-refractivity contribution in [1.29, 1.82) is 0 Å². The Kier molecular flexibility index (Phi) is 4.04. The second-order valence-electron chi connectivity index (χ2n) is 5.25. The van der Waals surface area contributed by atoms with Gasteiger partial charge in [0.1, 0.15) is 5.03 Å². The lowest BCUT2D eigenvalue weighted by molar-refractivity contribution is 0.491. The van der Waals surface area contributed by atoms with E-state index in [2.05, 4.69) is 28.9 Å². The molecular weight excluding hydrogens is 270 g/mol. The van der Waals surface area contributed by atoms with Crippen LogP contribution in [0, 0.1) is 27.7 Å². The largest absolute Gasteiger partial charge is 0.395 e. The van der Waals surface area contributed by atoms with E-state index in [-0.39, 0.29) is 6.04 Å². The first-order valence-electron chi connectivity index (χ1n) is 6.65. The second kappa shape index (κ2) is 5.44. The molecule has 2 rings (SSSR count). The number of anilines is 1. The van der Waals surface area contributed by atoms with Crippen molar-refractivity contribution in [2.45, 2.75) is 57.8 Å². The molecule has 0 aliphatic heterocycles. The lowest BCUT2D eigenvalue weighted by Crippen LogP contribution is -2.06. The fraction of sp³-hybridized carbons (Fsp3) is 0.500. The van der Waals surface area contributed by atoms with Crippen molar-refractivity contribution >= 4 is 17.4 Å². The third-order valence-corrected chi connectivity index (χ3v) is 4.34. The molecule has 0 atom stereocenters. The fourth-order valence-electron chi connectivity index (χ4n) is 1.86. The van der Waals surface area contributed by atoms with Gasteiger partial charge in [0.15, 0.2) is 5.16 Å². The predicted molar refractivity (Wildman–Crippen MR) is 82.1 cm³/mol. The summed E-state index contributed by atoms with van der Waals surface area (Å²) in [5, 5.41) is 6.12. The van der Waals surface area contributed by atoms with Crippen LogP contribution in [-0.2, 0) is 0 Å². The SMILES string of the molecule is Cc1nc(Sc2c(N)c(C)nn2C(C)C)nc(C)c1C. The highest BCUT2D eigenvalue weighted by molar-refractivity contribution is 7.99. The van der Waals surface area contributed by atoms with Gasteiger partial charge >= 0.3 is 0 Å². The minimum Gasteiger partial charge on any atom is -0.395 e. The molecule has 0 unspecified atom stereocenters. The maximum Gasteiger partial charge on any atom is 0.194 e. The minimum atomic E-state index is 0.251. The van der Waals surface area contributed by atoms with Gasteiger partial charge in [-0.2, -0.15) is 5.10 Å². The first-order valence-corrected chi connectivity index (χ1v) is 7.47. The normalized spacial score (nSPS) is 11.3. The number of nitrogens with zero attached hydrogens (tertiary/aromatic N) is 4. The Bertz CT molecular complexity index is 622. The molecule has 0 bridgehead atoms. The summed E-state index contributed by atoms with van der Waals surface area (Å²) in [6.07, 6.45) is 0. The molecule has 0 aliphatic carbocycles. The predicted octanol–water partition coefficient (Wildman–Crippen LogP) is 3.22. The summed E-state index contributed by atoms with van der Waals surface area (Å²) in [4.78, 5) is 9.07. The van der Waals surface area contributed by atoms with Crippen molar-refractivity contribution in [2.24, 2.45) is 0 Å². The fourth-order valence-corrected chi connectivity index (χ4v) is 3.01. The molecule has 108 valence electrons. The van der Waals surface area contributed by atoms with Crippen LogP contribution in [0.25, 0.3) is 0 Å². The van der Waals surface area contributed by atoms with Crippen molar-refractivity contribution in [3.8, 4) is 0 Å². The summed E-state index contributed by atoms with van der Waals surface area (Å²) < 4.78 is 1.93. The van der Waals surface area contributed by atoms with Gasteiger partial charge in [-0.1, -0.05) is 0 Å². The molecule has 0 amide bonds. The molecule has 2 aromatic rings. The van der Waals surface area contributed by atoms with E-state index in [0.717, 1.165) is 32.8 Å². The van der Waals surface area contributed by atoms with Crippen LogP contribution in [0.3, 0.4) is 0 Å². The Hall–Kier alpha value is -1.56. The third kappa shape index (κ3) is 2.65. The molecule has 2 N–H and O–H groups in total. The molecule has 5 nitrogen and oxygen atoms in total. The van der Waals surface area contributed by atoms with E-state index < -0.39 is 0 Å². The van der Waals surface area contributed by atoms with Crippen molar-refractivity contribution < 1.29 is 0 Å². The van der Waals surface area contributed by atoms with Gasteiger partial charge in [-0.05, 0) is 58.9 Å². The highest BCUT2D eigenvalue weighted by Crippen LogP contribution is 2.34. The Balaban J connectivity index is 2.45. The molecule has 20 heavy (non-hydrogen) atoms. The zero-order valence-electron chi connectivity index (χ0n) is 12.9. The van der Waals surface area contributed by atoms with E-state index in [1.54, 1.807) is 0 Å². The number of nitrogen functional groups attached to an aromatic ring is 1. The molecule has 0 spiro atoms. The van der Waals surface area contributed by atoms with Gasteiger partial charge in [0.2, 0.25) is 0 Å².